The zero-order valence-electron chi connectivity index (χ0n) is 9.33. The van der Waals surface area contributed by atoms with Gasteiger partial charge < -0.3 is 5.73 Å². The maximum atomic E-state index is 6.23. The number of hydrogen-bond acceptors (Lipinski definition) is 2. The zero-order chi connectivity index (χ0) is 11.7. The molecule has 2 rings (SSSR count). The summed E-state index contributed by atoms with van der Waals surface area (Å²) in [7, 11) is 0. The van der Waals surface area contributed by atoms with Gasteiger partial charge in [0.15, 0.2) is 0 Å². The number of thiophene rings is 1. The quantitative estimate of drug-likeness (QED) is 0.841. The number of benzene rings is 1. The Hall–Kier alpha value is -0.830. The Bertz CT molecular complexity index is 502. The molecule has 0 bridgehead atoms. The maximum absolute atomic E-state index is 6.23. The Morgan fingerprint density at radius 2 is 2.00 bits per heavy atom. The van der Waals surface area contributed by atoms with Crippen LogP contribution in [-0.4, -0.2) is 0 Å². The molecule has 0 aliphatic carbocycles. The molecule has 0 radical (unpaired) electrons. The summed E-state index contributed by atoms with van der Waals surface area (Å²) in [5, 5.41) is 0.804. The summed E-state index contributed by atoms with van der Waals surface area (Å²) in [6.07, 6.45) is 0. The molecule has 1 aromatic heterocycles. The molecule has 0 spiro atoms. The summed E-state index contributed by atoms with van der Waals surface area (Å²) >= 11 is 7.93. The van der Waals surface area contributed by atoms with E-state index in [1.807, 2.05) is 19.9 Å². The van der Waals surface area contributed by atoms with Gasteiger partial charge in [-0.2, -0.15) is 0 Å². The summed E-state index contributed by atoms with van der Waals surface area (Å²) in [6, 6.07) is 10.4. The minimum atomic E-state index is 0.0861. The molecule has 2 N–H and O–H groups in total. The summed E-state index contributed by atoms with van der Waals surface area (Å²) in [6.45, 7) is 4.03. The highest BCUT2D eigenvalue weighted by atomic mass is 35.5. The van der Waals surface area contributed by atoms with E-state index < -0.39 is 0 Å². The third-order valence-corrected chi connectivity index (χ3v) is 4.10. The molecule has 0 amide bonds. The molecule has 1 atom stereocenters. The van der Waals surface area contributed by atoms with Crippen LogP contribution in [0.3, 0.4) is 0 Å². The first kappa shape index (κ1) is 11.6. The normalized spacial score (nSPS) is 12.8. The van der Waals surface area contributed by atoms with Crippen molar-refractivity contribution in [3.63, 3.8) is 0 Å². The SMILES string of the molecule is Cc1ccc(-c2ccc(C(C)N)s2)c(Cl)c1. The van der Waals surface area contributed by atoms with Crippen molar-refractivity contribution in [1.82, 2.24) is 0 Å². The van der Waals surface area contributed by atoms with E-state index in [0.717, 1.165) is 10.6 Å². The Morgan fingerprint density at radius 3 is 2.56 bits per heavy atom. The third kappa shape index (κ3) is 2.29. The molecule has 0 saturated carbocycles. The molecule has 0 fully saturated rings. The second-order valence-electron chi connectivity index (χ2n) is 3.97. The molecule has 1 unspecified atom stereocenters. The molecule has 1 nitrogen and oxygen atoms in total. The van der Waals surface area contributed by atoms with Crippen molar-refractivity contribution < 1.29 is 0 Å². The highest BCUT2D eigenvalue weighted by Gasteiger charge is 2.08. The van der Waals surface area contributed by atoms with Crippen LogP contribution in [0.4, 0.5) is 0 Å². The van der Waals surface area contributed by atoms with E-state index in [4.69, 9.17) is 17.3 Å². The fraction of sp³-hybridized carbons (Fsp3) is 0.231. The topological polar surface area (TPSA) is 26.0 Å². The molecule has 1 heterocycles. The second-order valence-corrected chi connectivity index (χ2v) is 5.50. The van der Waals surface area contributed by atoms with Crippen LogP contribution in [0, 0.1) is 6.92 Å². The molecule has 16 heavy (non-hydrogen) atoms. The number of nitrogens with two attached hydrogens (primary N) is 1. The van der Waals surface area contributed by atoms with Gasteiger partial charge in [0.05, 0.1) is 0 Å². The number of aryl methyl sites for hydroxylation is 1. The van der Waals surface area contributed by atoms with Gasteiger partial charge in [0.1, 0.15) is 0 Å². The molecular formula is C13H14ClNS. The van der Waals surface area contributed by atoms with Gasteiger partial charge in [-0.05, 0) is 37.6 Å². The minimum absolute atomic E-state index is 0.0861. The molecule has 0 aliphatic rings. The van der Waals surface area contributed by atoms with Gasteiger partial charge in [-0.15, -0.1) is 11.3 Å². The minimum Gasteiger partial charge on any atom is -0.324 e. The fourth-order valence-corrected chi connectivity index (χ4v) is 2.96. The largest absolute Gasteiger partial charge is 0.324 e. The van der Waals surface area contributed by atoms with E-state index in [0.29, 0.717) is 0 Å². The predicted octanol–water partition coefficient (Wildman–Crippen LogP) is 4.40. The molecule has 2 aromatic rings. The van der Waals surface area contributed by atoms with E-state index in [1.165, 1.54) is 15.3 Å². The van der Waals surface area contributed by atoms with Crippen molar-refractivity contribution in [2.45, 2.75) is 19.9 Å². The lowest BCUT2D eigenvalue weighted by atomic mass is 10.1. The third-order valence-electron chi connectivity index (χ3n) is 2.47. The van der Waals surface area contributed by atoms with Crippen molar-refractivity contribution in [3.8, 4) is 10.4 Å². The van der Waals surface area contributed by atoms with E-state index >= 15 is 0 Å². The zero-order valence-corrected chi connectivity index (χ0v) is 10.9. The number of hydrogen-bond donors (Lipinski definition) is 1. The predicted molar refractivity (Wildman–Crippen MR) is 72.1 cm³/mol. The number of rotatable bonds is 2. The van der Waals surface area contributed by atoms with E-state index in [-0.39, 0.29) is 6.04 Å². The lowest BCUT2D eigenvalue weighted by Crippen LogP contribution is -2.01. The summed E-state index contributed by atoms with van der Waals surface area (Å²) in [4.78, 5) is 2.36. The summed E-state index contributed by atoms with van der Waals surface area (Å²) in [5.41, 5.74) is 8.11. The summed E-state index contributed by atoms with van der Waals surface area (Å²) < 4.78 is 0. The van der Waals surface area contributed by atoms with Crippen LogP contribution in [0.15, 0.2) is 30.3 Å². The number of halogens is 1. The van der Waals surface area contributed by atoms with E-state index in [9.17, 15) is 0 Å². The Labute approximate surface area is 105 Å². The monoisotopic (exact) mass is 251 g/mol. The van der Waals surface area contributed by atoms with E-state index in [1.54, 1.807) is 11.3 Å². The Morgan fingerprint density at radius 1 is 1.25 bits per heavy atom. The van der Waals surface area contributed by atoms with Gasteiger partial charge in [-0.25, -0.2) is 0 Å². The van der Waals surface area contributed by atoms with Crippen molar-refractivity contribution >= 4 is 22.9 Å². The highest BCUT2D eigenvalue weighted by Crippen LogP contribution is 2.35. The van der Waals surface area contributed by atoms with Gasteiger partial charge >= 0.3 is 0 Å². The van der Waals surface area contributed by atoms with Gasteiger partial charge in [-0.1, -0.05) is 23.7 Å². The standard InChI is InChI=1S/C13H14ClNS/c1-8-3-4-10(11(14)7-8)13-6-5-12(16-13)9(2)15/h3-7,9H,15H2,1-2H3. The lowest BCUT2D eigenvalue weighted by molar-refractivity contribution is 0.838. The van der Waals surface area contributed by atoms with E-state index in [2.05, 4.69) is 24.3 Å². The smallest absolute Gasteiger partial charge is 0.0495 e. The van der Waals surface area contributed by atoms with Crippen molar-refractivity contribution in [1.29, 1.82) is 0 Å². The Kier molecular flexibility index (Phi) is 3.33. The van der Waals surface area contributed by atoms with Crippen LogP contribution < -0.4 is 5.73 Å². The van der Waals surface area contributed by atoms with Crippen LogP contribution >= 0.6 is 22.9 Å². The molecule has 0 aliphatic heterocycles. The van der Waals surface area contributed by atoms with Gasteiger partial charge in [0.25, 0.3) is 0 Å². The van der Waals surface area contributed by atoms with Gasteiger partial charge in [0, 0.05) is 26.4 Å². The van der Waals surface area contributed by atoms with Crippen molar-refractivity contribution in [2.24, 2.45) is 5.73 Å². The molecule has 1 aromatic carbocycles. The lowest BCUT2D eigenvalue weighted by Gasteiger charge is -2.03. The van der Waals surface area contributed by atoms with Crippen molar-refractivity contribution in [3.05, 3.63) is 45.8 Å². The van der Waals surface area contributed by atoms with Gasteiger partial charge in [-0.3, -0.25) is 0 Å². The molecule has 84 valence electrons. The highest BCUT2D eigenvalue weighted by molar-refractivity contribution is 7.15. The van der Waals surface area contributed by atoms with Crippen LogP contribution in [0.5, 0.6) is 0 Å². The van der Waals surface area contributed by atoms with Crippen LogP contribution in [-0.2, 0) is 0 Å². The molecule has 0 saturated heterocycles. The fourth-order valence-electron chi connectivity index (χ4n) is 1.56. The first-order valence-corrected chi connectivity index (χ1v) is 6.39. The van der Waals surface area contributed by atoms with Crippen LogP contribution in [0.1, 0.15) is 23.4 Å². The van der Waals surface area contributed by atoms with Crippen molar-refractivity contribution in [2.75, 3.05) is 0 Å². The second kappa shape index (κ2) is 4.58. The average Bonchev–Trinajstić information content (AvgIpc) is 2.66. The van der Waals surface area contributed by atoms with Crippen LogP contribution in [0.25, 0.3) is 10.4 Å². The first-order valence-electron chi connectivity index (χ1n) is 5.20. The maximum Gasteiger partial charge on any atom is 0.0495 e. The average molecular weight is 252 g/mol. The first-order chi connectivity index (χ1) is 7.58. The molecule has 3 heteroatoms. The summed E-state index contributed by atoms with van der Waals surface area (Å²) in [5.74, 6) is 0. The van der Waals surface area contributed by atoms with Crippen LogP contribution in [0.2, 0.25) is 5.02 Å². The van der Waals surface area contributed by atoms with Gasteiger partial charge in [0.2, 0.25) is 0 Å². The Balaban J connectivity index is 2.42. The molecular weight excluding hydrogens is 238 g/mol.